The fraction of sp³-hybridized carbons (Fsp3) is 0.455. The highest BCUT2D eigenvalue weighted by Crippen LogP contribution is 2.42. The van der Waals surface area contributed by atoms with E-state index in [4.69, 9.17) is 21.1 Å². The maximum atomic E-state index is 6.10. The van der Waals surface area contributed by atoms with Crippen molar-refractivity contribution in [2.45, 2.75) is 11.2 Å². The van der Waals surface area contributed by atoms with Gasteiger partial charge < -0.3 is 9.47 Å². The zero-order valence-corrected chi connectivity index (χ0v) is 11.0. The number of hydrogen-bond donors (Lipinski definition) is 0. The third-order valence-electron chi connectivity index (χ3n) is 2.64. The van der Waals surface area contributed by atoms with Crippen molar-refractivity contribution >= 4 is 27.5 Å². The van der Waals surface area contributed by atoms with Gasteiger partial charge in [-0.2, -0.15) is 0 Å². The molecule has 1 aromatic rings. The fourth-order valence-electron chi connectivity index (χ4n) is 1.73. The van der Waals surface area contributed by atoms with Crippen LogP contribution < -0.4 is 4.74 Å². The minimum Gasteiger partial charge on any atom is -0.495 e. The van der Waals surface area contributed by atoms with Gasteiger partial charge in [-0.1, -0.05) is 27.5 Å². The number of aryl methyl sites for hydroxylation is 1. The topological polar surface area (TPSA) is 18.5 Å². The number of benzene rings is 1. The standard InChI is InChI=1S/C11H12BrClO2/c1-7-3-10(14-2)9(13)4-8(7)11(12)5-15-6-11/h3-4H,5-6H2,1-2H3. The van der Waals surface area contributed by atoms with Crippen LogP contribution in [-0.4, -0.2) is 20.3 Å². The first-order chi connectivity index (χ1) is 7.07. The largest absolute Gasteiger partial charge is 0.495 e. The van der Waals surface area contributed by atoms with E-state index in [0.717, 1.165) is 5.56 Å². The van der Waals surface area contributed by atoms with Gasteiger partial charge >= 0.3 is 0 Å². The van der Waals surface area contributed by atoms with Gasteiger partial charge in [-0.15, -0.1) is 0 Å². The molecule has 1 aliphatic rings. The highest BCUT2D eigenvalue weighted by Gasteiger charge is 2.39. The molecule has 0 N–H and O–H groups in total. The van der Waals surface area contributed by atoms with Gasteiger partial charge in [0.25, 0.3) is 0 Å². The summed E-state index contributed by atoms with van der Waals surface area (Å²) in [6.45, 7) is 3.43. The molecule has 0 amide bonds. The summed E-state index contributed by atoms with van der Waals surface area (Å²) in [7, 11) is 1.62. The first-order valence-electron chi connectivity index (χ1n) is 4.68. The molecule has 0 aliphatic carbocycles. The summed E-state index contributed by atoms with van der Waals surface area (Å²) in [6, 6.07) is 3.91. The Labute approximate surface area is 103 Å². The molecule has 1 aromatic carbocycles. The predicted molar refractivity (Wildman–Crippen MR) is 64.2 cm³/mol. The first-order valence-corrected chi connectivity index (χ1v) is 5.85. The van der Waals surface area contributed by atoms with Crippen LogP contribution in [0, 0.1) is 6.92 Å². The molecule has 1 aliphatic heterocycles. The van der Waals surface area contributed by atoms with Crippen molar-refractivity contribution in [2.75, 3.05) is 20.3 Å². The van der Waals surface area contributed by atoms with Crippen molar-refractivity contribution in [3.63, 3.8) is 0 Å². The molecule has 0 saturated carbocycles. The van der Waals surface area contributed by atoms with Crippen LogP contribution >= 0.6 is 27.5 Å². The van der Waals surface area contributed by atoms with Crippen molar-refractivity contribution in [1.82, 2.24) is 0 Å². The Morgan fingerprint density at radius 3 is 2.60 bits per heavy atom. The highest BCUT2D eigenvalue weighted by atomic mass is 79.9. The average Bonchev–Trinajstić information content (AvgIpc) is 2.17. The van der Waals surface area contributed by atoms with Crippen molar-refractivity contribution in [3.05, 3.63) is 28.3 Å². The Hall–Kier alpha value is -0.250. The molecular weight excluding hydrogens is 279 g/mol. The van der Waals surface area contributed by atoms with Crippen LogP contribution in [0.15, 0.2) is 12.1 Å². The zero-order valence-electron chi connectivity index (χ0n) is 8.64. The van der Waals surface area contributed by atoms with E-state index in [2.05, 4.69) is 22.9 Å². The molecule has 1 fully saturated rings. The monoisotopic (exact) mass is 290 g/mol. The second-order valence-corrected chi connectivity index (χ2v) is 5.68. The van der Waals surface area contributed by atoms with Gasteiger partial charge in [0.05, 0.1) is 29.7 Å². The van der Waals surface area contributed by atoms with Crippen molar-refractivity contribution in [2.24, 2.45) is 0 Å². The molecule has 0 bridgehead atoms. The molecule has 4 heteroatoms. The van der Waals surface area contributed by atoms with Gasteiger partial charge in [-0.25, -0.2) is 0 Å². The predicted octanol–water partition coefficient (Wildman–Crippen LogP) is 3.28. The van der Waals surface area contributed by atoms with E-state index >= 15 is 0 Å². The maximum Gasteiger partial charge on any atom is 0.137 e. The lowest BCUT2D eigenvalue weighted by molar-refractivity contribution is -0.00726. The number of methoxy groups -OCH3 is 1. The van der Waals surface area contributed by atoms with E-state index in [-0.39, 0.29) is 4.32 Å². The number of halogens is 2. The molecule has 1 saturated heterocycles. The normalized spacial score (nSPS) is 18.4. The smallest absolute Gasteiger partial charge is 0.137 e. The summed E-state index contributed by atoms with van der Waals surface area (Å²) < 4.78 is 10.3. The Morgan fingerprint density at radius 2 is 2.13 bits per heavy atom. The first kappa shape index (κ1) is 11.2. The van der Waals surface area contributed by atoms with Crippen molar-refractivity contribution < 1.29 is 9.47 Å². The Kier molecular flexibility index (Phi) is 2.97. The fourth-order valence-corrected chi connectivity index (χ4v) is 2.72. The second-order valence-electron chi connectivity index (χ2n) is 3.76. The molecule has 0 unspecified atom stereocenters. The number of alkyl halides is 1. The van der Waals surface area contributed by atoms with E-state index in [1.807, 2.05) is 12.1 Å². The van der Waals surface area contributed by atoms with Crippen LogP contribution in [-0.2, 0) is 9.06 Å². The molecule has 2 rings (SSSR count). The minimum atomic E-state index is -0.0625. The van der Waals surface area contributed by atoms with Crippen LogP contribution in [0.3, 0.4) is 0 Å². The minimum absolute atomic E-state index is 0.0625. The molecule has 2 nitrogen and oxygen atoms in total. The van der Waals surface area contributed by atoms with Gasteiger partial charge in [0.15, 0.2) is 0 Å². The zero-order chi connectivity index (χ0) is 11.1. The van der Waals surface area contributed by atoms with Crippen LogP contribution in [0.2, 0.25) is 5.02 Å². The molecule has 0 atom stereocenters. The van der Waals surface area contributed by atoms with E-state index in [1.54, 1.807) is 7.11 Å². The van der Waals surface area contributed by atoms with Gasteiger partial charge in [0.1, 0.15) is 5.75 Å². The van der Waals surface area contributed by atoms with Gasteiger partial charge in [0.2, 0.25) is 0 Å². The van der Waals surface area contributed by atoms with Crippen molar-refractivity contribution in [1.29, 1.82) is 0 Å². The van der Waals surface area contributed by atoms with Gasteiger partial charge in [-0.05, 0) is 30.2 Å². The summed E-state index contributed by atoms with van der Waals surface area (Å²) in [6.07, 6.45) is 0. The van der Waals surface area contributed by atoms with E-state index in [0.29, 0.717) is 24.0 Å². The summed E-state index contributed by atoms with van der Waals surface area (Å²) in [5.41, 5.74) is 2.34. The molecule has 82 valence electrons. The van der Waals surface area contributed by atoms with E-state index < -0.39 is 0 Å². The van der Waals surface area contributed by atoms with E-state index in [1.165, 1.54) is 5.56 Å². The third kappa shape index (κ3) is 1.88. The quantitative estimate of drug-likeness (QED) is 0.779. The van der Waals surface area contributed by atoms with Crippen LogP contribution in [0.25, 0.3) is 0 Å². The Balaban J connectivity index is 2.45. The second kappa shape index (κ2) is 3.96. The van der Waals surface area contributed by atoms with Crippen LogP contribution in [0.5, 0.6) is 5.75 Å². The SMILES string of the molecule is COc1cc(C)c(C2(Br)COC2)cc1Cl. The lowest BCUT2D eigenvalue weighted by Crippen LogP contribution is -2.41. The maximum absolute atomic E-state index is 6.10. The molecule has 0 radical (unpaired) electrons. The summed E-state index contributed by atoms with van der Waals surface area (Å²) in [4.78, 5) is 0. The Morgan fingerprint density at radius 1 is 1.47 bits per heavy atom. The summed E-state index contributed by atoms with van der Waals surface area (Å²) >= 11 is 9.78. The molecule has 0 spiro atoms. The highest BCUT2D eigenvalue weighted by molar-refractivity contribution is 9.09. The molecule has 15 heavy (non-hydrogen) atoms. The van der Waals surface area contributed by atoms with Crippen LogP contribution in [0.1, 0.15) is 11.1 Å². The van der Waals surface area contributed by atoms with Crippen LogP contribution in [0.4, 0.5) is 0 Å². The third-order valence-corrected chi connectivity index (χ3v) is 3.82. The van der Waals surface area contributed by atoms with E-state index in [9.17, 15) is 0 Å². The number of hydrogen-bond acceptors (Lipinski definition) is 2. The molecular formula is C11H12BrClO2. The van der Waals surface area contributed by atoms with Gasteiger partial charge in [0, 0.05) is 0 Å². The molecule has 0 aromatic heterocycles. The van der Waals surface area contributed by atoms with Gasteiger partial charge in [-0.3, -0.25) is 0 Å². The number of rotatable bonds is 2. The summed E-state index contributed by atoms with van der Waals surface area (Å²) in [5.74, 6) is 0.717. The lowest BCUT2D eigenvalue weighted by Gasteiger charge is -2.37. The van der Waals surface area contributed by atoms with Crippen molar-refractivity contribution in [3.8, 4) is 5.75 Å². The molecule has 1 heterocycles. The number of ether oxygens (including phenoxy) is 2. The Bertz CT molecular complexity index is 388. The summed E-state index contributed by atoms with van der Waals surface area (Å²) in [5, 5.41) is 0.642. The lowest BCUT2D eigenvalue weighted by atomic mass is 9.93. The average molecular weight is 292 g/mol.